The minimum absolute atomic E-state index is 0.264. The van der Waals surface area contributed by atoms with E-state index in [1.54, 1.807) is 29.1 Å². The number of benzene rings is 2. The maximum absolute atomic E-state index is 12.9. The molecule has 2 aromatic heterocycles. The molecule has 1 aliphatic heterocycles. The van der Waals surface area contributed by atoms with Crippen molar-refractivity contribution in [2.45, 2.75) is 13.0 Å². The highest BCUT2D eigenvalue weighted by molar-refractivity contribution is 7.71. The lowest BCUT2D eigenvalue weighted by molar-refractivity contribution is 0.707. The van der Waals surface area contributed by atoms with Crippen molar-refractivity contribution in [2.24, 2.45) is 0 Å². The molecule has 1 N–H and O–H groups in total. The number of halogens is 2. The molecule has 0 aliphatic carbocycles. The normalized spacial score (nSPS) is 13.5. The standard InChI is InChI=1S/C21H15Cl2N5OS/c22-15-6-5-14(9-16(15)23)28-11-24-18-17(20(28)30)19(29)26-21(25-18)27-8-7-12-3-1-2-4-13(12)10-27/h1-6,9,11H,7-8,10H2,(H,25,26,29). The second-order valence-corrected chi connectivity index (χ2v) is 8.25. The molecule has 2 aromatic carbocycles. The summed E-state index contributed by atoms with van der Waals surface area (Å²) < 4.78 is 1.93. The Hall–Kier alpha value is -2.74. The fourth-order valence-electron chi connectivity index (χ4n) is 3.67. The van der Waals surface area contributed by atoms with Gasteiger partial charge in [0.1, 0.15) is 16.4 Å². The lowest BCUT2D eigenvalue weighted by Crippen LogP contribution is -2.33. The first-order chi connectivity index (χ1) is 14.5. The van der Waals surface area contributed by atoms with Gasteiger partial charge in [-0.1, -0.05) is 59.7 Å². The zero-order valence-electron chi connectivity index (χ0n) is 15.6. The van der Waals surface area contributed by atoms with Gasteiger partial charge in [0, 0.05) is 18.8 Å². The predicted molar refractivity (Wildman–Crippen MR) is 122 cm³/mol. The number of rotatable bonds is 2. The van der Waals surface area contributed by atoms with Gasteiger partial charge in [0.25, 0.3) is 5.56 Å². The first-order valence-corrected chi connectivity index (χ1v) is 10.5. The number of hydrogen-bond acceptors (Lipinski definition) is 5. The molecule has 4 aromatic rings. The molecule has 6 nitrogen and oxygen atoms in total. The summed E-state index contributed by atoms with van der Waals surface area (Å²) in [5, 5.41) is 1.09. The van der Waals surface area contributed by atoms with Gasteiger partial charge in [0.15, 0.2) is 5.65 Å². The van der Waals surface area contributed by atoms with Crippen LogP contribution in [0.4, 0.5) is 5.95 Å². The topological polar surface area (TPSA) is 66.8 Å². The maximum Gasteiger partial charge on any atom is 0.264 e. The number of aromatic amines is 1. The Morgan fingerprint density at radius 1 is 1.07 bits per heavy atom. The molecule has 3 heterocycles. The third-order valence-corrected chi connectivity index (χ3v) is 6.37. The van der Waals surface area contributed by atoms with Gasteiger partial charge in [-0.3, -0.25) is 14.3 Å². The summed E-state index contributed by atoms with van der Waals surface area (Å²) in [4.78, 5) is 26.8. The largest absolute Gasteiger partial charge is 0.338 e. The van der Waals surface area contributed by atoms with Crippen LogP contribution < -0.4 is 10.5 Å². The van der Waals surface area contributed by atoms with E-state index in [9.17, 15) is 4.79 Å². The third kappa shape index (κ3) is 3.29. The summed E-state index contributed by atoms with van der Waals surface area (Å²) in [6.07, 6.45) is 2.44. The SMILES string of the molecule is O=c1[nH]c(N2CCc3ccccc3C2)nc2ncn(-c3ccc(Cl)c(Cl)c3)c(=S)c12. The first kappa shape index (κ1) is 19.2. The van der Waals surface area contributed by atoms with Crippen LogP contribution >= 0.6 is 35.4 Å². The second-order valence-electron chi connectivity index (χ2n) is 7.05. The van der Waals surface area contributed by atoms with Crippen molar-refractivity contribution >= 4 is 52.4 Å². The Morgan fingerprint density at radius 2 is 1.87 bits per heavy atom. The number of fused-ring (bicyclic) bond motifs is 2. The first-order valence-electron chi connectivity index (χ1n) is 9.30. The van der Waals surface area contributed by atoms with E-state index < -0.39 is 0 Å². The molecule has 0 radical (unpaired) electrons. The number of aromatic nitrogens is 4. The van der Waals surface area contributed by atoms with Crippen LogP contribution in [0.15, 0.2) is 53.6 Å². The molecular formula is C21H15Cl2N5OS. The fraction of sp³-hybridized carbons (Fsp3) is 0.143. The molecule has 0 bridgehead atoms. The number of H-pyrrole nitrogens is 1. The molecule has 150 valence electrons. The molecule has 30 heavy (non-hydrogen) atoms. The van der Waals surface area contributed by atoms with E-state index in [1.807, 2.05) is 17.0 Å². The van der Waals surface area contributed by atoms with Crippen molar-refractivity contribution in [2.75, 3.05) is 11.4 Å². The smallest absolute Gasteiger partial charge is 0.264 e. The van der Waals surface area contributed by atoms with Crippen LogP contribution in [0.25, 0.3) is 16.7 Å². The minimum Gasteiger partial charge on any atom is -0.338 e. The zero-order chi connectivity index (χ0) is 20.8. The number of nitrogens with zero attached hydrogens (tertiary/aromatic N) is 4. The molecule has 1 aliphatic rings. The third-order valence-electron chi connectivity index (χ3n) is 5.23. The Balaban J connectivity index is 1.58. The van der Waals surface area contributed by atoms with Gasteiger partial charge in [-0.2, -0.15) is 4.98 Å². The van der Waals surface area contributed by atoms with Crippen LogP contribution in [0.5, 0.6) is 0 Å². The van der Waals surface area contributed by atoms with E-state index >= 15 is 0 Å². The van der Waals surface area contributed by atoms with E-state index in [2.05, 4.69) is 27.1 Å². The van der Waals surface area contributed by atoms with Gasteiger partial charge in [-0.05, 0) is 35.7 Å². The summed E-state index contributed by atoms with van der Waals surface area (Å²) in [5.74, 6) is 0.496. The van der Waals surface area contributed by atoms with Gasteiger partial charge >= 0.3 is 0 Å². The van der Waals surface area contributed by atoms with Gasteiger partial charge in [0.2, 0.25) is 5.95 Å². The lowest BCUT2D eigenvalue weighted by atomic mass is 10.0. The van der Waals surface area contributed by atoms with E-state index in [-0.39, 0.29) is 10.9 Å². The highest BCUT2D eigenvalue weighted by Crippen LogP contribution is 2.26. The van der Waals surface area contributed by atoms with E-state index in [0.717, 1.165) is 13.0 Å². The molecule has 5 rings (SSSR count). The van der Waals surface area contributed by atoms with Crippen molar-refractivity contribution in [3.8, 4) is 5.69 Å². The van der Waals surface area contributed by atoms with Crippen molar-refractivity contribution in [1.29, 1.82) is 0 Å². The van der Waals surface area contributed by atoms with Gasteiger partial charge in [-0.25, -0.2) is 4.98 Å². The molecule has 0 atom stereocenters. The average molecular weight is 456 g/mol. The monoisotopic (exact) mass is 455 g/mol. The Morgan fingerprint density at radius 3 is 2.67 bits per heavy atom. The van der Waals surface area contributed by atoms with Crippen molar-refractivity contribution in [1.82, 2.24) is 19.5 Å². The van der Waals surface area contributed by atoms with Gasteiger partial charge < -0.3 is 4.90 Å². The minimum atomic E-state index is -0.319. The Bertz CT molecular complexity index is 1410. The molecule has 0 spiro atoms. The maximum atomic E-state index is 12.9. The molecule has 0 saturated carbocycles. The number of nitrogens with one attached hydrogen (secondary N) is 1. The van der Waals surface area contributed by atoms with Crippen LogP contribution in [0.3, 0.4) is 0 Å². The summed E-state index contributed by atoms with van der Waals surface area (Å²) in [6, 6.07) is 13.4. The van der Waals surface area contributed by atoms with Crippen LogP contribution in [-0.4, -0.2) is 26.1 Å². The van der Waals surface area contributed by atoms with E-state index in [1.165, 1.54) is 11.1 Å². The Kier molecular flexibility index (Phi) is 4.81. The Labute approximate surface area is 186 Å². The van der Waals surface area contributed by atoms with Gasteiger partial charge in [0.05, 0.1) is 10.0 Å². The van der Waals surface area contributed by atoms with Gasteiger partial charge in [-0.15, -0.1) is 0 Å². The molecule has 0 amide bonds. The van der Waals surface area contributed by atoms with E-state index in [0.29, 0.717) is 38.5 Å². The molecule has 0 unspecified atom stereocenters. The number of hydrogen-bond donors (Lipinski definition) is 1. The van der Waals surface area contributed by atoms with Crippen LogP contribution in [0.1, 0.15) is 11.1 Å². The molecule has 0 saturated heterocycles. The highest BCUT2D eigenvalue weighted by Gasteiger charge is 2.19. The lowest BCUT2D eigenvalue weighted by Gasteiger charge is -2.29. The summed E-state index contributed by atoms with van der Waals surface area (Å²) in [5.41, 5.74) is 3.22. The van der Waals surface area contributed by atoms with Crippen LogP contribution in [0.2, 0.25) is 10.0 Å². The average Bonchev–Trinajstić information content (AvgIpc) is 2.75. The highest BCUT2D eigenvalue weighted by atomic mass is 35.5. The quantitative estimate of drug-likeness (QED) is 0.443. The second kappa shape index (κ2) is 7.50. The summed E-state index contributed by atoms with van der Waals surface area (Å²) >= 11 is 17.7. The predicted octanol–water partition coefficient (Wildman–Crippen LogP) is 4.71. The fourth-order valence-corrected chi connectivity index (χ4v) is 4.30. The molecule has 9 heteroatoms. The summed E-state index contributed by atoms with van der Waals surface area (Å²) in [7, 11) is 0. The van der Waals surface area contributed by atoms with Crippen molar-refractivity contribution in [3.05, 3.63) is 85.0 Å². The molecule has 0 fully saturated rings. The zero-order valence-corrected chi connectivity index (χ0v) is 17.9. The van der Waals surface area contributed by atoms with Crippen molar-refractivity contribution in [3.63, 3.8) is 0 Å². The summed E-state index contributed by atoms with van der Waals surface area (Å²) in [6.45, 7) is 1.45. The number of anilines is 1. The van der Waals surface area contributed by atoms with Crippen molar-refractivity contribution < 1.29 is 0 Å². The van der Waals surface area contributed by atoms with Crippen LogP contribution in [0, 0.1) is 4.64 Å². The van der Waals surface area contributed by atoms with Crippen LogP contribution in [-0.2, 0) is 13.0 Å². The van der Waals surface area contributed by atoms with E-state index in [4.69, 9.17) is 35.4 Å². The molecular weight excluding hydrogens is 441 g/mol.